The lowest BCUT2D eigenvalue weighted by Gasteiger charge is -2.55. The molecule has 5 atom stereocenters. The number of rotatable bonds is 0. The maximum absolute atomic E-state index is 10.2. The molecular weight excluding hydrogens is 150 g/mol. The minimum Gasteiger partial charge on any atom is -0.390 e. The normalized spacial score (nSPS) is 62.5. The van der Waals surface area contributed by atoms with Crippen LogP contribution in [-0.4, -0.2) is 16.7 Å². The smallest absolute Gasteiger partial charge is 0.0902 e. The Morgan fingerprint density at radius 1 is 1.08 bits per heavy atom. The second kappa shape index (κ2) is 2.05. The highest BCUT2D eigenvalue weighted by Gasteiger charge is 2.55. The van der Waals surface area contributed by atoms with Gasteiger partial charge in [0.15, 0.2) is 0 Å². The van der Waals surface area contributed by atoms with Crippen LogP contribution < -0.4 is 5.73 Å². The minimum absolute atomic E-state index is 0.259. The molecule has 0 amide bonds. The molecule has 4 N–H and O–H groups in total. The van der Waals surface area contributed by atoms with E-state index in [1.54, 1.807) is 0 Å². The maximum Gasteiger partial charge on any atom is 0.0902 e. The summed E-state index contributed by atoms with van der Waals surface area (Å²) in [5, 5.41) is 10.2. The third-order valence-corrected chi connectivity index (χ3v) is 4.44. The van der Waals surface area contributed by atoms with Gasteiger partial charge >= 0.3 is 0 Å². The van der Waals surface area contributed by atoms with Gasteiger partial charge in [-0.3, -0.25) is 0 Å². The lowest BCUT2D eigenvalue weighted by atomic mass is 9.52. The molecule has 4 saturated carbocycles. The molecule has 12 heavy (non-hydrogen) atoms. The quantitative estimate of drug-likeness (QED) is 0.532. The maximum atomic E-state index is 10.2. The molecule has 0 aromatic rings. The Morgan fingerprint density at radius 2 is 1.67 bits per heavy atom. The first-order valence-corrected chi connectivity index (χ1v) is 5.22. The highest BCUT2D eigenvalue weighted by Crippen LogP contribution is 2.54. The summed E-state index contributed by atoms with van der Waals surface area (Å²) in [5.74, 6) is 2.34. The van der Waals surface area contributed by atoms with Gasteiger partial charge in [0.1, 0.15) is 0 Å². The molecule has 2 heteroatoms. The van der Waals surface area contributed by atoms with Crippen LogP contribution in [0, 0.1) is 17.8 Å². The Hall–Kier alpha value is -0.0800. The monoisotopic (exact) mass is 168 g/mol. The first-order chi connectivity index (χ1) is 5.66. The second-order valence-corrected chi connectivity index (χ2v) is 5.36. The van der Waals surface area contributed by atoms with Gasteiger partial charge in [-0.2, -0.15) is 0 Å². The van der Waals surface area contributed by atoms with Crippen LogP contribution >= 0.6 is 0 Å². The predicted octanol–water partition coefficient (Wildman–Crippen LogP) is 0.168. The standard InChI is InChI=1S/C10H17NO/c11-9-7-1-6-2-8(9)5-10(12,3-6)4-7/h6-9,12H,1-5,11H2/p+1/t6?,7-,8+,9?,10?. The van der Waals surface area contributed by atoms with E-state index in [1.165, 1.54) is 12.8 Å². The molecule has 4 aliphatic carbocycles. The fourth-order valence-corrected chi connectivity index (χ4v) is 4.09. The van der Waals surface area contributed by atoms with Crippen LogP contribution in [-0.2, 0) is 0 Å². The van der Waals surface area contributed by atoms with E-state index in [9.17, 15) is 5.11 Å². The Balaban J connectivity index is 1.95. The third kappa shape index (κ3) is 0.826. The number of hydrogen-bond donors (Lipinski definition) is 2. The van der Waals surface area contributed by atoms with Gasteiger partial charge in [-0.15, -0.1) is 0 Å². The lowest BCUT2D eigenvalue weighted by molar-refractivity contribution is -0.468. The number of hydrogen-bond acceptors (Lipinski definition) is 1. The zero-order chi connectivity index (χ0) is 8.34. The van der Waals surface area contributed by atoms with Crippen LogP contribution in [0.4, 0.5) is 0 Å². The van der Waals surface area contributed by atoms with E-state index in [0.29, 0.717) is 6.04 Å². The second-order valence-electron chi connectivity index (χ2n) is 5.36. The first kappa shape index (κ1) is 7.34. The summed E-state index contributed by atoms with van der Waals surface area (Å²) in [7, 11) is 0. The van der Waals surface area contributed by atoms with Crippen LogP contribution in [0.5, 0.6) is 0 Å². The molecular formula is C10H18NO+. The highest BCUT2D eigenvalue weighted by molar-refractivity contribution is 5.05. The molecule has 0 aromatic carbocycles. The van der Waals surface area contributed by atoms with Crippen LogP contribution in [0.3, 0.4) is 0 Å². The number of aliphatic hydroxyl groups is 1. The fourth-order valence-electron chi connectivity index (χ4n) is 4.09. The van der Waals surface area contributed by atoms with E-state index in [-0.39, 0.29) is 5.60 Å². The average molecular weight is 168 g/mol. The molecule has 4 rings (SSSR count). The topological polar surface area (TPSA) is 47.9 Å². The van der Waals surface area contributed by atoms with Crippen molar-refractivity contribution in [2.45, 2.75) is 43.7 Å². The van der Waals surface area contributed by atoms with Crippen molar-refractivity contribution >= 4 is 0 Å². The molecule has 0 aliphatic heterocycles. The third-order valence-electron chi connectivity index (χ3n) is 4.44. The molecule has 0 saturated heterocycles. The minimum atomic E-state index is -0.259. The fraction of sp³-hybridized carbons (Fsp3) is 1.00. The Kier molecular flexibility index (Phi) is 1.25. The van der Waals surface area contributed by atoms with Crippen LogP contribution in [0.2, 0.25) is 0 Å². The van der Waals surface area contributed by atoms with Crippen molar-refractivity contribution in [1.29, 1.82) is 0 Å². The highest BCUT2D eigenvalue weighted by atomic mass is 16.3. The molecule has 0 spiro atoms. The Bertz CT molecular complexity index is 200. The zero-order valence-electron chi connectivity index (χ0n) is 7.50. The van der Waals surface area contributed by atoms with Crippen LogP contribution in [0.15, 0.2) is 0 Å². The average Bonchev–Trinajstić information content (AvgIpc) is 1.96. The molecule has 4 fully saturated rings. The van der Waals surface area contributed by atoms with Crippen molar-refractivity contribution in [3.05, 3.63) is 0 Å². The molecule has 68 valence electrons. The van der Waals surface area contributed by atoms with E-state index in [4.69, 9.17) is 0 Å². The summed E-state index contributed by atoms with van der Waals surface area (Å²) in [6, 6.07) is 0.654. The largest absolute Gasteiger partial charge is 0.390 e. The summed E-state index contributed by atoms with van der Waals surface area (Å²) in [4.78, 5) is 0. The van der Waals surface area contributed by atoms with Crippen LogP contribution in [0.25, 0.3) is 0 Å². The summed E-state index contributed by atoms with van der Waals surface area (Å²) >= 11 is 0. The summed E-state index contributed by atoms with van der Waals surface area (Å²) < 4.78 is 0. The zero-order valence-corrected chi connectivity index (χ0v) is 7.50. The molecule has 4 bridgehead atoms. The van der Waals surface area contributed by atoms with Crippen molar-refractivity contribution in [3.63, 3.8) is 0 Å². The van der Waals surface area contributed by atoms with Gasteiger partial charge in [0.25, 0.3) is 0 Å². The van der Waals surface area contributed by atoms with Crippen molar-refractivity contribution in [2.75, 3.05) is 0 Å². The van der Waals surface area contributed by atoms with Crippen molar-refractivity contribution < 1.29 is 10.8 Å². The Morgan fingerprint density at radius 3 is 2.17 bits per heavy atom. The molecule has 0 heterocycles. The van der Waals surface area contributed by atoms with Gasteiger partial charge in [0.05, 0.1) is 11.6 Å². The summed E-state index contributed by atoms with van der Waals surface area (Å²) in [6.45, 7) is 0. The van der Waals surface area contributed by atoms with Crippen molar-refractivity contribution in [3.8, 4) is 0 Å². The number of quaternary nitrogens is 1. The predicted molar refractivity (Wildman–Crippen MR) is 45.2 cm³/mol. The van der Waals surface area contributed by atoms with E-state index in [1.807, 2.05) is 0 Å². The van der Waals surface area contributed by atoms with Gasteiger partial charge in [0, 0.05) is 11.8 Å². The summed E-state index contributed by atoms with van der Waals surface area (Å²) in [5.41, 5.74) is 4.00. The van der Waals surface area contributed by atoms with E-state index in [0.717, 1.165) is 37.0 Å². The van der Waals surface area contributed by atoms with E-state index >= 15 is 0 Å². The van der Waals surface area contributed by atoms with Gasteiger partial charge in [0.2, 0.25) is 0 Å². The van der Waals surface area contributed by atoms with E-state index in [2.05, 4.69) is 5.73 Å². The molecule has 0 aromatic heterocycles. The van der Waals surface area contributed by atoms with Crippen molar-refractivity contribution in [1.82, 2.24) is 0 Å². The van der Waals surface area contributed by atoms with Gasteiger partial charge in [-0.1, -0.05) is 0 Å². The van der Waals surface area contributed by atoms with Gasteiger partial charge in [-0.25, -0.2) is 0 Å². The SMILES string of the molecule is [NH3+]C1[C@@H]2CC3C[C@H]1CC(O)(C3)C2. The molecule has 2 nitrogen and oxygen atoms in total. The molecule has 3 unspecified atom stereocenters. The van der Waals surface area contributed by atoms with E-state index < -0.39 is 0 Å². The van der Waals surface area contributed by atoms with Crippen molar-refractivity contribution in [2.24, 2.45) is 17.8 Å². The molecule has 0 radical (unpaired) electrons. The molecule has 4 aliphatic rings. The summed E-state index contributed by atoms with van der Waals surface area (Å²) in [6.07, 6.45) is 5.90. The first-order valence-electron chi connectivity index (χ1n) is 5.22. The van der Waals surface area contributed by atoms with Gasteiger partial charge in [-0.05, 0) is 38.0 Å². The van der Waals surface area contributed by atoms with Crippen LogP contribution in [0.1, 0.15) is 32.1 Å². The van der Waals surface area contributed by atoms with Gasteiger partial charge < -0.3 is 10.8 Å². The Labute approximate surface area is 73.1 Å². The lowest BCUT2D eigenvalue weighted by Crippen LogP contribution is -2.74.